The van der Waals surface area contributed by atoms with E-state index in [9.17, 15) is 0 Å². The molecular formula is C16H23N3O. The van der Waals surface area contributed by atoms with Crippen LogP contribution < -0.4 is 10.1 Å². The van der Waals surface area contributed by atoms with Gasteiger partial charge in [-0.1, -0.05) is 19.1 Å². The minimum absolute atomic E-state index is 0.0513. The summed E-state index contributed by atoms with van der Waals surface area (Å²) in [5, 5.41) is 8.03. The molecule has 4 nitrogen and oxygen atoms in total. The van der Waals surface area contributed by atoms with Crippen molar-refractivity contribution in [3.63, 3.8) is 0 Å². The average Bonchev–Trinajstić information content (AvgIpc) is 2.86. The van der Waals surface area contributed by atoms with Crippen LogP contribution >= 0.6 is 0 Å². The molecule has 0 aliphatic heterocycles. The highest BCUT2D eigenvalue weighted by molar-refractivity contribution is 5.48. The Kier molecular flexibility index (Phi) is 4.45. The van der Waals surface area contributed by atoms with Gasteiger partial charge in [0.05, 0.1) is 18.8 Å². The quantitative estimate of drug-likeness (QED) is 0.910. The number of hydrogen-bond donors (Lipinski definition) is 1. The fourth-order valence-corrected chi connectivity index (χ4v) is 2.47. The molecular weight excluding hydrogens is 250 g/mol. The maximum absolute atomic E-state index is 5.64. The highest BCUT2D eigenvalue weighted by Gasteiger charge is 2.21. The molecule has 1 unspecified atom stereocenters. The van der Waals surface area contributed by atoms with E-state index in [0.29, 0.717) is 0 Å². The zero-order valence-electron chi connectivity index (χ0n) is 12.9. The summed E-state index contributed by atoms with van der Waals surface area (Å²) < 4.78 is 7.46. The van der Waals surface area contributed by atoms with Gasteiger partial charge in [0.25, 0.3) is 0 Å². The maximum Gasteiger partial charge on any atom is 0.127 e. The lowest BCUT2D eigenvalue weighted by Crippen LogP contribution is -2.23. The van der Waals surface area contributed by atoms with Crippen molar-refractivity contribution in [3.8, 4) is 5.75 Å². The highest BCUT2D eigenvalue weighted by atomic mass is 16.5. The molecule has 20 heavy (non-hydrogen) atoms. The molecule has 0 amide bonds. The largest absolute Gasteiger partial charge is 0.496 e. The van der Waals surface area contributed by atoms with E-state index in [0.717, 1.165) is 23.6 Å². The molecule has 0 radical (unpaired) electrons. The van der Waals surface area contributed by atoms with E-state index >= 15 is 0 Å². The van der Waals surface area contributed by atoms with Crippen LogP contribution in [0.2, 0.25) is 0 Å². The van der Waals surface area contributed by atoms with Crippen molar-refractivity contribution in [1.29, 1.82) is 0 Å². The normalized spacial score (nSPS) is 12.4. The number of aromatic nitrogens is 2. The summed E-state index contributed by atoms with van der Waals surface area (Å²) in [5.74, 6) is 0.946. The molecule has 0 aliphatic rings. The van der Waals surface area contributed by atoms with Gasteiger partial charge in [-0.25, -0.2) is 0 Å². The molecule has 0 spiro atoms. The molecule has 1 atom stereocenters. The number of nitrogens with zero attached hydrogens (tertiary/aromatic N) is 2. The molecule has 4 heteroatoms. The average molecular weight is 273 g/mol. The first kappa shape index (κ1) is 14.6. The number of methoxy groups -OCH3 is 1. The summed E-state index contributed by atoms with van der Waals surface area (Å²) in [7, 11) is 3.66. The van der Waals surface area contributed by atoms with Gasteiger partial charge in [-0.3, -0.25) is 4.68 Å². The summed E-state index contributed by atoms with van der Waals surface area (Å²) in [6, 6.07) is 6.36. The molecule has 1 N–H and O–H groups in total. The van der Waals surface area contributed by atoms with Crippen molar-refractivity contribution in [2.24, 2.45) is 7.05 Å². The lowest BCUT2D eigenvalue weighted by atomic mass is 9.97. The van der Waals surface area contributed by atoms with E-state index in [1.54, 1.807) is 7.11 Å². The second kappa shape index (κ2) is 6.09. The van der Waals surface area contributed by atoms with Gasteiger partial charge in [0.15, 0.2) is 0 Å². The maximum atomic E-state index is 5.64. The fraction of sp³-hybridized carbons (Fsp3) is 0.438. The number of hydrogen-bond acceptors (Lipinski definition) is 3. The van der Waals surface area contributed by atoms with Gasteiger partial charge < -0.3 is 10.1 Å². The second-order valence-electron chi connectivity index (χ2n) is 5.03. The van der Waals surface area contributed by atoms with Crippen LogP contribution in [-0.2, 0) is 7.05 Å². The van der Waals surface area contributed by atoms with Crippen LogP contribution in [0.5, 0.6) is 5.75 Å². The Balaban J connectivity index is 2.52. The third-order valence-electron chi connectivity index (χ3n) is 3.66. The minimum Gasteiger partial charge on any atom is -0.496 e. The van der Waals surface area contributed by atoms with Crippen molar-refractivity contribution in [2.75, 3.05) is 13.7 Å². The number of ether oxygens (including phenoxy) is 1. The molecule has 1 heterocycles. The fourth-order valence-electron chi connectivity index (χ4n) is 2.47. The van der Waals surface area contributed by atoms with Gasteiger partial charge in [-0.05, 0) is 37.6 Å². The van der Waals surface area contributed by atoms with Crippen LogP contribution in [0.4, 0.5) is 0 Å². The van der Waals surface area contributed by atoms with Crippen LogP contribution in [-0.4, -0.2) is 23.4 Å². The first-order chi connectivity index (χ1) is 9.58. The Morgan fingerprint density at radius 2 is 2.05 bits per heavy atom. The van der Waals surface area contributed by atoms with Crippen LogP contribution in [0.25, 0.3) is 0 Å². The number of benzene rings is 1. The zero-order chi connectivity index (χ0) is 14.7. The van der Waals surface area contributed by atoms with Crippen LogP contribution in [0.3, 0.4) is 0 Å². The lowest BCUT2D eigenvalue weighted by molar-refractivity contribution is 0.400. The minimum atomic E-state index is 0.0513. The monoisotopic (exact) mass is 273 g/mol. The number of aryl methyl sites for hydroxylation is 2. The number of rotatable bonds is 5. The first-order valence-corrected chi connectivity index (χ1v) is 6.95. The smallest absolute Gasteiger partial charge is 0.127 e. The van der Waals surface area contributed by atoms with E-state index in [-0.39, 0.29) is 6.04 Å². The molecule has 0 saturated carbocycles. The Morgan fingerprint density at radius 3 is 2.60 bits per heavy atom. The summed E-state index contributed by atoms with van der Waals surface area (Å²) in [5.41, 5.74) is 4.57. The molecule has 0 fully saturated rings. The molecule has 1 aromatic heterocycles. The molecule has 108 valence electrons. The van der Waals surface area contributed by atoms with Crippen molar-refractivity contribution in [1.82, 2.24) is 15.1 Å². The van der Waals surface area contributed by atoms with Gasteiger partial charge in [0.2, 0.25) is 0 Å². The van der Waals surface area contributed by atoms with Crippen molar-refractivity contribution in [2.45, 2.75) is 26.8 Å². The van der Waals surface area contributed by atoms with E-state index in [2.05, 4.69) is 43.3 Å². The van der Waals surface area contributed by atoms with Crippen molar-refractivity contribution < 1.29 is 4.74 Å². The molecule has 1 aromatic carbocycles. The standard InChI is InChI=1S/C16H23N3O/c1-6-17-15(14-9-10-19(4)18-14)13-8-7-11(2)12(3)16(13)20-5/h7-10,15,17H,6H2,1-5H3. The predicted octanol–water partition coefficient (Wildman–Crippen LogP) is 2.74. The Hall–Kier alpha value is -1.81. The second-order valence-corrected chi connectivity index (χ2v) is 5.03. The van der Waals surface area contributed by atoms with Crippen molar-refractivity contribution in [3.05, 3.63) is 46.8 Å². The molecule has 0 aliphatic carbocycles. The third kappa shape index (κ3) is 2.70. The van der Waals surface area contributed by atoms with E-state index in [1.165, 1.54) is 11.1 Å². The predicted molar refractivity (Wildman–Crippen MR) is 81.2 cm³/mol. The van der Waals surface area contributed by atoms with Gasteiger partial charge in [-0.15, -0.1) is 0 Å². The van der Waals surface area contributed by atoms with Crippen LogP contribution in [0, 0.1) is 13.8 Å². The van der Waals surface area contributed by atoms with Gasteiger partial charge in [0, 0.05) is 18.8 Å². The van der Waals surface area contributed by atoms with E-state index in [4.69, 9.17) is 4.74 Å². The first-order valence-electron chi connectivity index (χ1n) is 6.95. The SMILES string of the molecule is CCNC(c1ccn(C)n1)c1ccc(C)c(C)c1OC. The van der Waals surface area contributed by atoms with Crippen molar-refractivity contribution >= 4 is 0 Å². The van der Waals surface area contributed by atoms with Gasteiger partial charge in [-0.2, -0.15) is 5.10 Å². The summed E-state index contributed by atoms with van der Waals surface area (Å²) in [6.07, 6.45) is 1.97. The van der Waals surface area contributed by atoms with Crippen LogP contribution in [0.1, 0.15) is 35.3 Å². The summed E-state index contributed by atoms with van der Waals surface area (Å²) >= 11 is 0. The Labute approximate surface area is 120 Å². The zero-order valence-corrected chi connectivity index (χ0v) is 12.9. The van der Waals surface area contributed by atoms with Gasteiger partial charge >= 0.3 is 0 Å². The number of nitrogens with one attached hydrogen (secondary N) is 1. The van der Waals surface area contributed by atoms with Gasteiger partial charge in [0.1, 0.15) is 5.75 Å². The highest BCUT2D eigenvalue weighted by Crippen LogP contribution is 2.33. The molecule has 0 bridgehead atoms. The van der Waals surface area contributed by atoms with E-state index in [1.807, 2.05) is 24.0 Å². The molecule has 0 saturated heterocycles. The lowest BCUT2D eigenvalue weighted by Gasteiger charge is -2.21. The Bertz CT molecular complexity index is 589. The van der Waals surface area contributed by atoms with E-state index < -0.39 is 0 Å². The topological polar surface area (TPSA) is 39.1 Å². The summed E-state index contributed by atoms with van der Waals surface area (Å²) in [4.78, 5) is 0. The molecule has 2 rings (SSSR count). The third-order valence-corrected chi connectivity index (χ3v) is 3.66. The Morgan fingerprint density at radius 1 is 1.30 bits per heavy atom. The summed E-state index contributed by atoms with van der Waals surface area (Å²) in [6.45, 7) is 7.17. The molecule has 2 aromatic rings. The van der Waals surface area contributed by atoms with Crippen LogP contribution in [0.15, 0.2) is 24.4 Å².